The highest BCUT2D eigenvalue weighted by molar-refractivity contribution is 7.26. The summed E-state index contributed by atoms with van der Waals surface area (Å²) in [4.78, 5) is 5.73. The normalized spacial score (nSPS) is 12.4. The van der Waals surface area contributed by atoms with Gasteiger partial charge in [0.1, 0.15) is 4.83 Å². The van der Waals surface area contributed by atoms with Gasteiger partial charge in [0.05, 0.1) is 10.2 Å². The molecule has 0 spiro atoms. The van der Waals surface area contributed by atoms with Gasteiger partial charge in [-0.3, -0.25) is 5.10 Å². The van der Waals surface area contributed by atoms with E-state index in [9.17, 15) is 0 Å². The van der Waals surface area contributed by atoms with E-state index in [4.69, 9.17) is 0 Å². The van der Waals surface area contributed by atoms with Crippen molar-refractivity contribution in [2.24, 2.45) is 5.41 Å². The van der Waals surface area contributed by atoms with Crippen LogP contribution in [0.25, 0.3) is 20.4 Å². The quantitative estimate of drug-likeness (QED) is 0.741. The lowest BCUT2D eigenvalue weighted by molar-refractivity contribution is 0.442. The summed E-state index contributed by atoms with van der Waals surface area (Å²) in [6, 6.07) is 2.12. The van der Waals surface area contributed by atoms with Crippen LogP contribution in [0.5, 0.6) is 0 Å². The fourth-order valence-corrected chi connectivity index (χ4v) is 3.56. The fourth-order valence-electron chi connectivity index (χ4n) is 2.35. The fraction of sp³-hybridized carbons (Fsp3) is 0.467. The van der Waals surface area contributed by atoms with Crippen LogP contribution in [0.2, 0.25) is 0 Å². The highest BCUT2D eigenvalue weighted by atomic mass is 32.1. The van der Waals surface area contributed by atoms with Crippen LogP contribution in [0.4, 0.5) is 5.82 Å². The highest BCUT2D eigenvalue weighted by Gasteiger charge is 2.17. The minimum atomic E-state index is 0.229. The number of hydrogen-bond acceptors (Lipinski definition) is 4. The third kappa shape index (κ3) is 2.26. The molecule has 0 saturated carbocycles. The maximum absolute atomic E-state index is 4.64. The van der Waals surface area contributed by atoms with E-state index < -0.39 is 0 Å². The molecule has 2 N–H and O–H groups in total. The summed E-state index contributed by atoms with van der Waals surface area (Å²) in [6.07, 6.45) is 0. The molecule has 5 heteroatoms. The number of hydrogen-bond donors (Lipinski definition) is 2. The van der Waals surface area contributed by atoms with Crippen LogP contribution in [0, 0.1) is 19.3 Å². The van der Waals surface area contributed by atoms with Crippen LogP contribution in [-0.4, -0.2) is 21.7 Å². The van der Waals surface area contributed by atoms with Gasteiger partial charge in [-0.2, -0.15) is 5.10 Å². The van der Waals surface area contributed by atoms with Crippen molar-refractivity contribution in [1.29, 1.82) is 0 Å². The second-order valence-corrected chi connectivity index (χ2v) is 7.55. The SMILES string of the molecule is Cc1cc(C)c2c(n1)sc1c(NCC(C)(C)C)n[nH]c12. The molecule has 0 unspecified atom stereocenters. The third-order valence-electron chi connectivity index (χ3n) is 3.27. The molecule has 0 aliphatic heterocycles. The van der Waals surface area contributed by atoms with Crippen LogP contribution in [0.15, 0.2) is 6.07 Å². The van der Waals surface area contributed by atoms with Gasteiger partial charge in [-0.1, -0.05) is 20.8 Å². The van der Waals surface area contributed by atoms with Crippen LogP contribution >= 0.6 is 11.3 Å². The maximum atomic E-state index is 4.64. The smallest absolute Gasteiger partial charge is 0.165 e. The Bertz CT molecular complexity index is 776. The van der Waals surface area contributed by atoms with E-state index >= 15 is 0 Å². The monoisotopic (exact) mass is 288 g/mol. The lowest BCUT2D eigenvalue weighted by atomic mass is 9.97. The third-order valence-corrected chi connectivity index (χ3v) is 4.36. The number of rotatable bonds is 2. The van der Waals surface area contributed by atoms with Gasteiger partial charge in [0.15, 0.2) is 5.82 Å². The van der Waals surface area contributed by atoms with Crippen LogP contribution in [0.3, 0.4) is 0 Å². The second kappa shape index (κ2) is 4.45. The Labute approximate surface area is 122 Å². The highest BCUT2D eigenvalue weighted by Crippen LogP contribution is 2.37. The topological polar surface area (TPSA) is 53.6 Å². The van der Waals surface area contributed by atoms with Gasteiger partial charge >= 0.3 is 0 Å². The summed E-state index contributed by atoms with van der Waals surface area (Å²) >= 11 is 1.71. The number of fused-ring (bicyclic) bond motifs is 3. The molecule has 0 atom stereocenters. The molecular weight excluding hydrogens is 268 g/mol. The Kier molecular flexibility index (Phi) is 2.97. The predicted molar refractivity (Wildman–Crippen MR) is 86.7 cm³/mol. The van der Waals surface area contributed by atoms with Crippen molar-refractivity contribution >= 4 is 37.6 Å². The average molecular weight is 288 g/mol. The summed E-state index contributed by atoms with van der Waals surface area (Å²) < 4.78 is 1.17. The Morgan fingerprint density at radius 3 is 2.75 bits per heavy atom. The second-order valence-electron chi connectivity index (χ2n) is 6.55. The molecule has 0 aromatic carbocycles. The summed E-state index contributed by atoms with van der Waals surface area (Å²) in [6.45, 7) is 11.7. The molecule has 3 rings (SSSR count). The molecule has 0 fully saturated rings. The zero-order valence-corrected chi connectivity index (χ0v) is 13.4. The van der Waals surface area contributed by atoms with Crippen molar-refractivity contribution in [3.8, 4) is 0 Å². The summed E-state index contributed by atoms with van der Waals surface area (Å²) in [5, 5.41) is 12.2. The lowest BCUT2D eigenvalue weighted by Crippen LogP contribution is -2.19. The molecular formula is C15H20N4S. The summed E-state index contributed by atoms with van der Waals surface area (Å²) in [5.74, 6) is 0.940. The molecule has 3 aromatic rings. The molecule has 106 valence electrons. The van der Waals surface area contributed by atoms with E-state index in [1.165, 1.54) is 15.6 Å². The lowest BCUT2D eigenvalue weighted by Gasteiger charge is -2.18. The van der Waals surface area contributed by atoms with E-state index in [0.717, 1.165) is 28.4 Å². The van der Waals surface area contributed by atoms with Gasteiger partial charge in [0.2, 0.25) is 0 Å². The van der Waals surface area contributed by atoms with Gasteiger partial charge in [-0.25, -0.2) is 4.98 Å². The van der Waals surface area contributed by atoms with Crippen molar-refractivity contribution in [3.05, 3.63) is 17.3 Å². The first-order valence-corrected chi connectivity index (χ1v) is 7.65. The van der Waals surface area contributed by atoms with Crippen LogP contribution in [-0.2, 0) is 0 Å². The number of aromatic nitrogens is 3. The summed E-state index contributed by atoms with van der Waals surface area (Å²) in [5.41, 5.74) is 3.65. The number of nitrogens with one attached hydrogen (secondary N) is 2. The van der Waals surface area contributed by atoms with Gasteiger partial charge in [0, 0.05) is 17.6 Å². The Morgan fingerprint density at radius 2 is 2.05 bits per heavy atom. The van der Waals surface area contributed by atoms with E-state index in [1.54, 1.807) is 11.3 Å². The van der Waals surface area contributed by atoms with E-state index in [2.05, 4.69) is 54.3 Å². The molecule has 4 nitrogen and oxygen atoms in total. The zero-order chi connectivity index (χ0) is 14.5. The molecule has 0 radical (unpaired) electrons. The molecule has 0 aliphatic carbocycles. The zero-order valence-electron chi connectivity index (χ0n) is 12.6. The number of aromatic amines is 1. The van der Waals surface area contributed by atoms with Gasteiger partial charge < -0.3 is 5.32 Å². The number of anilines is 1. The molecule has 0 amide bonds. The van der Waals surface area contributed by atoms with Crippen molar-refractivity contribution in [3.63, 3.8) is 0 Å². The standard InChI is InChI=1S/C15H20N4S/c1-8-6-9(2)17-14-10(8)11-12(20-14)13(19-18-11)16-7-15(3,4)5/h6H,7H2,1-5H3,(H2,16,18,19). The minimum Gasteiger partial charge on any atom is -0.367 e. The number of nitrogens with zero attached hydrogens (tertiary/aromatic N) is 2. The number of H-pyrrole nitrogens is 1. The predicted octanol–water partition coefficient (Wildman–Crippen LogP) is 4.25. The van der Waals surface area contributed by atoms with E-state index in [1.807, 2.05) is 6.92 Å². The Morgan fingerprint density at radius 1 is 1.30 bits per heavy atom. The molecule has 0 bridgehead atoms. The largest absolute Gasteiger partial charge is 0.367 e. The van der Waals surface area contributed by atoms with Gasteiger partial charge in [-0.05, 0) is 30.9 Å². The van der Waals surface area contributed by atoms with Crippen molar-refractivity contribution in [1.82, 2.24) is 15.2 Å². The van der Waals surface area contributed by atoms with Crippen LogP contribution in [0.1, 0.15) is 32.0 Å². The summed E-state index contributed by atoms with van der Waals surface area (Å²) in [7, 11) is 0. The molecule has 0 aliphatic rings. The van der Waals surface area contributed by atoms with E-state index in [0.29, 0.717) is 0 Å². The first kappa shape index (κ1) is 13.4. The maximum Gasteiger partial charge on any atom is 0.165 e. The average Bonchev–Trinajstić information content (AvgIpc) is 2.82. The van der Waals surface area contributed by atoms with E-state index in [-0.39, 0.29) is 5.41 Å². The first-order valence-electron chi connectivity index (χ1n) is 6.84. The Balaban J connectivity index is 2.11. The first-order chi connectivity index (χ1) is 9.35. The Hall–Kier alpha value is -1.62. The number of pyridine rings is 1. The minimum absolute atomic E-state index is 0.229. The molecule has 0 saturated heterocycles. The van der Waals surface area contributed by atoms with Crippen molar-refractivity contribution in [2.45, 2.75) is 34.6 Å². The van der Waals surface area contributed by atoms with Gasteiger partial charge in [-0.15, -0.1) is 11.3 Å². The van der Waals surface area contributed by atoms with Crippen molar-refractivity contribution < 1.29 is 0 Å². The number of aryl methyl sites for hydroxylation is 2. The van der Waals surface area contributed by atoms with Gasteiger partial charge in [0.25, 0.3) is 0 Å². The molecule has 20 heavy (non-hydrogen) atoms. The van der Waals surface area contributed by atoms with Crippen LogP contribution < -0.4 is 5.32 Å². The molecule has 3 aromatic heterocycles. The number of thiophene rings is 1. The molecule has 3 heterocycles. The van der Waals surface area contributed by atoms with Crippen molar-refractivity contribution in [2.75, 3.05) is 11.9 Å².